The molecule has 0 atom stereocenters. The van der Waals surface area contributed by atoms with E-state index in [1.807, 2.05) is 36.5 Å². The number of furan rings is 1. The number of aromatic nitrogens is 3. The van der Waals surface area contributed by atoms with Gasteiger partial charge >= 0.3 is 0 Å². The summed E-state index contributed by atoms with van der Waals surface area (Å²) in [6.45, 7) is 16.1. The summed E-state index contributed by atoms with van der Waals surface area (Å²) >= 11 is 0. The van der Waals surface area contributed by atoms with Crippen LogP contribution in [0, 0.1) is 12.1 Å². The molecule has 0 saturated carbocycles. The Hall–Kier alpha value is -6.43. The van der Waals surface area contributed by atoms with Crippen molar-refractivity contribution in [2.45, 2.75) is 59.2 Å². The van der Waals surface area contributed by atoms with E-state index < -0.39 is 8.07 Å². The minimum Gasteiger partial charge on any atom is -0.501 e. The quantitative estimate of drug-likeness (QED) is 0.0908. The number of imidazole rings is 1. The van der Waals surface area contributed by atoms with E-state index in [0.29, 0.717) is 0 Å². The van der Waals surface area contributed by atoms with Gasteiger partial charge < -0.3 is 14.0 Å². The Morgan fingerprint density at radius 3 is 2.00 bits per heavy atom. The zero-order valence-electron chi connectivity index (χ0n) is 37.9. The van der Waals surface area contributed by atoms with Crippen molar-refractivity contribution in [3.63, 3.8) is 0 Å². The molecule has 0 fully saturated rings. The predicted octanol–water partition coefficient (Wildman–Crippen LogP) is 15.7. The average molecular weight is 1040 g/mol. The van der Waals surface area contributed by atoms with Crippen LogP contribution in [0.3, 0.4) is 0 Å². The number of nitrogens with zero attached hydrogens (tertiary/aromatic N) is 3. The number of fused-ring (bicyclic) bond motifs is 7. The van der Waals surface area contributed by atoms with Crippen LogP contribution in [0.5, 0.6) is 0 Å². The molecule has 11 rings (SSSR count). The summed E-state index contributed by atoms with van der Waals surface area (Å²) in [5.41, 5.74) is 12.9. The van der Waals surface area contributed by atoms with Crippen molar-refractivity contribution < 1.29 is 24.5 Å². The van der Waals surface area contributed by atoms with E-state index >= 15 is 0 Å². The zero-order chi connectivity index (χ0) is 44.1. The van der Waals surface area contributed by atoms with E-state index in [9.17, 15) is 0 Å². The van der Waals surface area contributed by atoms with E-state index in [1.165, 1.54) is 54.7 Å². The third-order valence-corrected chi connectivity index (χ3v) is 14.5. The predicted molar refractivity (Wildman–Crippen MR) is 273 cm³/mol. The van der Waals surface area contributed by atoms with Gasteiger partial charge in [0.2, 0.25) is 0 Å². The Morgan fingerprint density at radius 1 is 0.585 bits per heavy atom. The van der Waals surface area contributed by atoms with Gasteiger partial charge in [-0.15, -0.1) is 54.1 Å². The normalized spacial score (nSPS) is 11.8. The molecule has 1 radical (unpaired) electrons. The molecule has 323 valence electrons. The van der Waals surface area contributed by atoms with Crippen LogP contribution in [0.15, 0.2) is 174 Å². The van der Waals surface area contributed by atoms with Gasteiger partial charge in [0.25, 0.3) is 0 Å². The van der Waals surface area contributed by atoms with Crippen molar-refractivity contribution in [1.82, 2.24) is 14.5 Å². The van der Waals surface area contributed by atoms with Crippen molar-refractivity contribution in [3.8, 4) is 39.5 Å². The fraction of sp³-hybridized carbons (Fsp3) is 0.153. The Bertz CT molecular complexity index is 3440. The number of para-hydroxylation sites is 2. The molecule has 0 aliphatic carbocycles. The monoisotopic (exact) mass is 1040 g/mol. The minimum absolute atomic E-state index is 0. The molecule has 3 heterocycles. The number of hydrogen-bond acceptors (Lipinski definition) is 3. The van der Waals surface area contributed by atoms with E-state index in [0.717, 1.165) is 55.6 Å². The third kappa shape index (κ3) is 8.27. The molecule has 0 saturated heterocycles. The van der Waals surface area contributed by atoms with Gasteiger partial charge in [-0.1, -0.05) is 149 Å². The van der Waals surface area contributed by atoms with Crippen LogP contribution in [-0.4, -0.2) is 22.6 Å². The summed E-state index contributed by atoms with van der Waals surface area (Å²) in [5.74, 6) is 1.40. The molecule has 0 aliphatic heterocycles. The Kier molecular flexibility index (Phi) is 12.0. The molecule has 0 bridgehead atoms. The maximum atomic E-state index is 6.83. The topological polar surface area (TPSA) is 43.9 Å². The molecule has 4 nitrogen and oxygen atoms in total. The van der Waals surface area contributed by atoms with Crippen LogP contribution < -0.4 is 5.19 Å². The van der Waals surface area contributed by atoms with E-state index in [-0.39, 0.29) is 31.9 Å². The number of benzene rings is 8. The smallest absolute Gasteiger partial charge is 0.121 e. The molecular weight excluding hydrogens is 987 g/mol. The minimum atomic E-state index is -1.23. The Balaban J connectivity index is 0.000000266. The molecule has 0 unspecified atom stereocenters. The second kappa shape index (κ2) is 17.9. The van der Waals surface area contributed by atoms with Gasteiger partial charge in [0.05, 0.1) is 30.5 Å². The van der Waals surface area contributed by atoms with Crippen LogP contribution in [0.4, 0.5) is 0 Å². The van der Waals surface area contributed by atoms with Crippen molar-refractivity contribution in [1.29, 1.82) is 0 Å². The standard InChI is InChI=1S/C45H35N2O.C14H16NSi.Ir/c1-27(2)36-24-32(29-13-6-5-7-14-29)25-37(28(3)4)43(36)47-41-20-11-10-19-40(41)46-45(47)35-18-12-17-34-39-23-31-22-21-30-15-8-9-16-33(30)38(31)26-42(39)48-44(34)35;1-16(2,3)13-9-10-14(15-11-13)12-7-5-4-6-8-12;/h5-17,19-28H,1-4H3;4-7,9-11H,1-3H3;/q2*-1;. The van der Waals surface area contributed by atoms with Gasteiger partial charge in [0.15, 0.2) is 0 Å². The van der Waals surface area contributed by atoms with E-state index in [4.69, 9.17) is 9.40 Å². The van der Waals surface area contributed by atoms with Crippen LogP contribution in [0.2, 0.25) is 19.6 Å². The van der Waals surface area contributed by atoms with Crippen molar-refractivity contribution in [2.75, 3.05) is 0 Å². The molecule has 0 amide bonds. The molecule has 65 heavy (non-hydrogen) atoms. The van der Waals surface area contributed by atoms with E-state index in [1.54, 1.807) is 0 Å². The first kappa shape index (κ1) is 43.8. The summed E-state index contributed by atoms with van der Waals surface area (Å²) in [7, 11) is -1.23. The summed E-state index contributed by atoms with van der Waals surface area (Å²) in [6, 6.07) is 64.5. The SMILES string of the molecule is CC(C)c1cc(-c2ccccc2)cc(C(C)C)c1-n1c(-c2[c-]ccc3c2oc2cc4c(ccc5ccccc54)cc23)nc2ccccc21.C[Si](C)(C)c1ccc(-c2[c-]cccc2)nc1.[Ir]. The summed E-state index contributed by atoms with van der Waals surface area (Å²) in [6.07, 6.45) is 2.02. The molecule has 3 aromatic heterocycles. The van der Waals surface area contributed by atoms with Gasteiger partial charge in [-0.3, -0.25) is 4.98 Å². The van der Waals surface area contributed by atoms with Gasteiger partial charge in [-0.2, -0.15) is 0 Å². The fourth-order valence-corrected chi connectivity index (χ4v) is 10.0. The second-order valence-corrected chi connectivity index (χ2v) is 23.5. The molecule has 0 N–H and O–H groups in total. The molecular formula is C59H51IrN3OSi-2. The van der Waals surface area contributed by atoms with Crippen LogP contribution in [-0.2, 0) is 20.1 Å². The molecule has 11 aromatic rings. The van der Waals surface area contributed by atoms with E-state index in [2.05, 4.69) is 202 Å². The van der Waals surface area contributed by atoms with Gasteiger partial charge in [-0.05, 0) is 103 Å². The van der Waals surface area contributed by atoms with Gasteiger partial charge in [0, 0.05) is 37.4 Å². The Morgan fingerprint density at radius 2 is 1.29 bits per heavy atom. The van der Waals surface area contributed by atoms with Crippen molar-refractivity contribution in [2.24, 2.45) is 0 Å². The van der Waals surface area contributed by atoms with Crippen LogP contribution in [0.25, 0.3) is 94.0 Å². The maximum Gasteiger partial charge on any atom is 0.121 e. The van der Waals surface area contributed by atoms with Crippen LogP contribution in [0.1, 0.15) is 50.7 Å². The fourth-order valence-electron chi connectivity index (χ4n) is 8.99. The van der Waals surface area contributed by atoms with Gasteiger partial charge in [0.1, 0.15) is 5.58 Å². The van der Waals surface area contributed by atoms with Crippen LogP contribution >= 0.6 is 0 Å². The first-order valence-electron chi connectivity index (χ1n) is 22.4. The molecule has 0 spiro atoms. The number of rotatable bonds is 7. The largest absolute Gasteiger partial charge is 0.501 e. The van der Waals surface area contributed by atoms with Gasteiger partial charge in [-0.25, -0.2) is 0 Å². The Labute approximate surface area is 396 Å². The van der Waals surface area contributed by atoms with Crippen molar-refractivity contribution >= 4 is 67.8 Å². The molecule has 0 aliphatic rings. The van der Waals surface area contributed by atoms with Crippen molar-refractivity contribution in [3.05, 3.63) is 193 Å². The summed E-state index contributed by atoms with van der Waals surface area (Å²) in [4.78, 5) is 9.85. The number of pyridine rings is 1. The molecule has 6 heteroatoms. The first-order chi connectivity index (χ1) is 31.0. The first-order valence-corrected chi connectivity index (χ1v) is 25.9. The third-order valence-electron chi connectivity index (χ3n) is 12.4. The summed E-state index contributed by atoms with van der Waals surface area (Å²) < 4.78 is 9.20. The molecule has 8 aromatic carbocycles. The maximum absolute atomic E-state index is 6.83. The number of hydrogen-bond donors (Lipinski definition) is 0. The zero-order valence-corrected chi connectivity index (χ0v) is 41.3. The summed E-state index contributed by atoms with van der Waals surface area (Å²) in [5, 5.41) is 8.41. The average Bonchev–Trinajstić information content (AvgIpc) is 3.89. The second-order valence-electron chi connectivity index (χ2n) is 18.5.